The number of para-hydroxylation sites is 1. The average Bonchev–Trinajstić information content (AvgIpc) is 3.07. The van der Waals surface area contributed by atoms with Crippen LogP contribution in [0.1, 0.15) is 27.7 Å². The van der Waals surface area contributed by atoms with Gasteiger partial charge in [0.15, 0.2) is 17.7 Å². The first kappa shape index (κ1) is 16.9. The Labute approximate surface area is 172 Å². The summed E-state index contributed by atoms with van der Waals surface area (Å²) in [5.41, 5.74) is 4.55. The highest BCUT2D eigenvalue weighted by molar-refractivity contribution is 6.13. The summed E-state index contributed by atoms with van der Waals surface area (Å²) in [5.74, 6) is 0.405. The first-order chi connectivity index (χ1) is 14.6. The van der Waals surface area contributed by atoms with Gasteiger partial charge in [0.2, 0.25) is 0 Å². The first-order valence-electron chi connectivity index (χ1n) is 9.74. The lowest BCUT2D eigenvalue weighted by atomic mass is 10.0. The maximum absolute atomic E-state index is 13.4. The molecule has 3 heterocycles. The molecule has 0 N–H and O–H groups in total. The molecule has 1 amide bonds. The summed E-state index contributed by atoms with van der Waals surface area (Å²) in [6, 6.07) is 22.6. The van der Waals surface area contributed by atoms with Crippen LogP contribution < -0.4 is 10.5 Å². The molecule has 0 aliphatic carbocycles. The predicted octanol–water partition coefficient (Wildman–Crippen LogP) is 3.80. The lowest BCUT2D eigenvalue weighted by Gasteiger charge is -2.35. The lowest BCUT2D eigenvalue weighted by Crippen LogP contribution is -2.39. The van der Waals surface area contributed by atoms with Crippen LogP contribution in [0.2, 0.25) is 0 Å². The van der Waals surface area contributed by atoms with Crippen molar-refractivity contribution < 1.29 is 4.79 Å². The van der Waals surface area contributed by atoms with Crippen molar-refractivity contribution in [3.05, 3.63) is 99.8 Å². The summed E-state index contributed by atoms with van der Waals surface area (Å²) in [5, 5.41) is 4.74. The summed E-state index contributed by atoms with van der Waals surface area (Å²) in [6.07, 6.45) is -0.479. The van der Waals surface area contributed by atoms with E-state index in [1.165, 1.54) is 0 Å². The minimum absolute atomic E-state index is 0.0708. The number of benzene rings is 3. The van der Waals surface area contributed by atoms with Crippen LogP contribution in [0, 0.1) is 6.92 Å². The smallest absolute Gasteiger partial charge is 0.280 e. The van der Waals surface area contributed by atoms with Crippen LogP contribution in [-0.2, 0) is 0 Å². The molecule has 0 fully saturated rings. The van der Waals surface area contributed by atoms with Crippen LogP contribution in [0.4, 0.5) is 5.69 Å². The third kappa shape index (κ3) is 2.13. The molecule has 6 nitrogen and oxygen atoms in total. The average molecular weight is 392 g/mol. The number of fused-ring (bicyclic) bond motifs is 8. The summed E-state index contributed by atoms with van der Waals surface area (Å²) in [6.45, 7) is 1.96. The van der Waals surface area contributed by atoms with Crippen molar-refractivity contribution in [1.29, 1.82) is 0 Å². The molecule has 0 saturated carbocycles. The van der Waals surface area contributed by atoms with Crippen LogP contribution in [0.3, 0.4) is 0 Å². The van der Waals surface area contributed by atoms with Crippen molar-refractivity contribution >= 4 is 11.6 Å². The quantitative estimate of drug-likeness (QED) is 0.494. The minimum Gasteiger partial charge on any atom is -0.280 e. The molecule has 6 rings (SSSR count). The highest BCUT2D eigenvalue weighted by Crippen LogP contribution is 2.47. The summed E-state index contributed by atoms with van der Waals surface area (Å²) < 4.78 is 1.72. The van der Waals surface area contributed by atoms with E-state index in [9.17, 15) is 9.59 Å². The van der Waals surface area contributed by atoms with Gasteiger partial charge in [0.25, 0.3) is 11.5 Å². The number of carbonyl (C=O) groups excluding carboxylic acids is 1. The minimum atomic E-state index is -0.479. The Balaban J connectivity index is 1.72. The van der Waals surface area contributed by atoms with E-state index in [-0.39, 0.29) is 17.2 Å². The summed E-state index contributed by atoms with van der Waals surface area (Å²) in [7, 11) is 0. The van der Waals surface area contributed by atoms with E-state index < -0.39 is 6.17 Å². The fourth-order valence-electron chi connectivity index (χ4n) is 4.45. The molecule has 2 aliphatic heterocycles. The summed E-state index contributed by atoms with van der Waals surface area (Å²) in [4.78, 5) is 32.5. The van der Waals surface area contributed by atoms with Crippen LogP contribution >= 0.6 is 0 Å². The zero-order valence-corrected chi connectivity index (χ0v) is 16.1. The van der Waals surface area contributed by atoms with Crippen LogP contribution in [-0.4, -0.2) is 20.7 Å². The molecule has 0 saturated heterocycles. The van der Waals surface area contributed by atoms with Gasteiger partial charge < -0.3 is 0 Å². The van der Waals surface area contributed by atoms with Gasteiger partial charge in [0.1, 0.15) is 0 Å². The van der Waals surface area contributed by atoms with E-state index in [1.54, 1.807) is 9.58 Å². The second-order valence-electron chi connectivity index (χ2n) is 7.51. The van der Waals surface area contributed by atoms with E-state index in [2.05, 4.69) is 4.98 Å². The highest BCUT2D eigenvalue weighted by atomic mass is 16.2. The lowest BCUT2D eigenvalue weighted by molar-refractivity contribution is 0.0986. The van der Waals surface area contributed by atoms with Crippen LogP contribution in [0.15, 0.2) is 77.6 Å². The molecule has 1 aromatic heterocycles. The topological polar surface area (TPSA) is 68.1 Å². The Kier molecular flexibility index (Phi) is 3.35. The molecule has 0 bridgehead atoms. The van der Waals surface area contributed by atoms with Gasteiger partial charge in [-0.2, -0.15) is 10.1 Å². The molecule has 0 spiro atoms. The molecule has 4 aromatic rings. The van der Waals surface area contributed by atoms with Crippen molar-refractivity contribution in [3.8, 4) is 22.6 Å². The van der Waals surface area contributed by atoms with E-state index in [1.807, 2.05) is 79.7 Å². The molecule has 0 radical (unpaired) electrons. The van der Waals surface area contributed by atoms with Gasteiger partial charge in [-0.15, -0.1) is 0 Å². The number of aryl methyl sites for hydroxylation is 1. The first-order valence-corrected chi connectivity index (χ1v) is 9.74. The molecule has 144 valence electrons. The normalized spacial score (nSPS) is 16.0. The van der Waals surface area contributed by atoms with E-state index in [0.717, 1.165) is 22.4 Å². The largest absolute Gasteiger partial charge is 0.300 e. The fourth-order valence-corrected chi connectivity index (χ4v) is 4.45. The van der Waals surface area contributed by atoms with E-state index in [4.69, 9.17) is 5.10 Å². The Bertz CT molecular complexity index is 1410. The number of hydrogen-bond acceptors (Lipinski definition) is 4. The third-order valence-corrected chi connectivity index (χ3v) is 5.77. The predicted molar refractivity (Wildman–Crippen MR) is 113 cm³/mol. The van der Waals surface area contributed by atoms with Gasteiger partial charge >= 0.3 is 0 Å². The summed E-state index contributed by atoms with van der Waals surface area (Å²) >= 11 is 0. The van der Waals surface area contributed by atoms with Crippen molar-refractivity contribution in [2.45, 2.75) is 13.1 Å². The molecule has 30 heavy (non-hydrogen) atoms. The molecule has 1 atom stereocenters. The van der Waals surface area contributed by atoms with Crippen LogP contribution in [0.5, 0.6) is 0 Å². The van der Waals surface area contributed by atoms with E-state index >= 15 is 0 Å². The molecular formula is C24H16N4O2. The SMILES string of the molecule is Cc1cccc2c1N1C(=O)c3ccccc3C1n1nc(-c3ccccc3)c(=O)nc1-2. The molecular weight excluding hydrogens is 376 g/mol. The van der Waals surface area contributed by atoms with Gasteiger partial charge in [0.05, 0.1) is 5.69 Å². The maximum Gasteiger partial charge on any atom is 0.300 e. The molecule has 1 unspecified atom stereocenters. The van der Waals surface area contributed by atoms with Gasteiger partial charge in [-0.25, -0.2) is 4.68 Å². The third-order valence-electron chi connectivity index (χ3n) is 5.77. The molecule has 2 aliphatic rings. The number of rotatable bonds is 1. The number of anilines is 1. The maximum atomic E-state index is 13.4. The van der Waals surface area contributed by atoms with Crippen LogP contribution in [0.25, 0.3) is 22.6 Å². The number of hydrogen-bond donors (Lipinski definition) is 0. The Morgan fingerprint density at radius 3 is 2.40 bits per heavy atom. The Morgan fingerprint density at radius 1 is 0.833 bits per heavy atom. The van der Waals surface area contributed by atoms with E-state index in [0.29, 0.717) is 17.0 Å². The van der Waals surface area contributed by atoms with Crippen molar-refractivity contribution in [2.24, 2.45) is 0 Å². The fraction of sp³-hybridized carbons (Fsp3) is 0.0833. The van der Waals surface area contributed by atoms with Gasteiger partial charge in [-0.3, -0.25) is 14.5 Å². The molecule has 6 heteroatoms. The number of amides is 1. The number of carbonyl (C=O) groups is 1. The Hall–Kier alpha value is -4.06. The molecule has 3 aromatic carbocycles. The van der Waals surface area contributed by atoms with Gasteiger partial charge in [-0.1, -0.05) is 60.7 Å². The zero-order valence-electron chi connectivity index (χ0n) is 16.1. The van der Waals surface area contributed by atoms with Gasteiger partial charge in [-0.05, 0) is 24.6 Å². The number of aromatic nitrogens is 3. The van der Waals surface area contributed by atoms with Crippen molar-refractivity contribution in [1.82, 2.24) is 14.8 Å². The number of nitrogens with zero attached hydrogens (tertiary/aromatic N) is 4. The monoisotopic (exact) mass is 392 g/mol. The Morgan fingerprint density at radius 2 is 1.57 bits per heavy atom. The zero-order chi connectivity index (χ0) is 20.4. The van der Waals surface area contributed by atoms with Gasteiger partial charge in [0, 0.05) is 22.3 Å². The second-order valence-corrected chi connectivity index (χ2v) is 7.51. The second kappa shape index (κ2) is 5.97. The standard InChI is InChI=1S/C24H16N4O2/c1-14-8-7-13-18-20(14)27-23(16-11-5-6-12-17(16)24(27)30)28-21(18)25-22(29)19(26-28)15-9-3-2-4-10-15/h2-13,23H,1H3. The van der Waals surface area contributed by atoms with Crippen molar-refractivity contribution in [3.63, 3.8) is 0 Å². The van der Waals surface area contributed by atoms with Crippen molar-refractivity contribution in [2.75, 3.05) is 4.90 Å². The highest BCUT2D eigenvalue weighted by Gasteiger charge is 2.45.